The molecule has 0 heterocycles. The minimum absolute atomic E-state index is 0.124. The Hall–Kier alpha value is -1.84. The Balaban J connectivity index is 1.81. The van der Waals surface area contributed by atoms with E-state index in [-0.39, 0.29) is 12.4 Å². The number of carboxylic acids is 1. The zero-order chi connectivity index (χ0) is 18.2. The number of benzene rings is 1. The molecule has 4 nitrogen and oxygen atoms in total. The van der Waals surface area contributed by atoms with Crippen molar-refractivity contribution in [3.63, 3.8) is 0 Å². The van der Waals surface area contributed by atoms with Crippen LogP contribution in [0.3, 0.4) is 0 Å². The van der Waals surface area contributed by atoms with Gasteiger partial charge >= 0.3 is 11.9 Å². The lowest BCUT2D eigenvalue weighted by Crippen LogP contribution is -2.06. The van der Waals surface area contributed by atoms with Gasteiger partial charge in [0.2, 0.25) is 0 Å². The second kappa shape index (κ2) is 14.5. The van der Waals surface area contributed by atoms with Crippen LogP contribution in [-0.2, 0) is 20.7 Å². The molecule has 0 aliphatic carbocycles. The summed E-state index contributed by atoms with van der Waals surface area (Å²) >= 11 is 0. The summed E-state index contributed by atoms with van der Waals surface area (Å²) in [5.74, 6) is -1.01. The van der Waals surface area contributed by atoms with E-state index in [0.29, 0.717) is 25.9 Å². The minimum Gasteiger partial charge on any atom is -0.481 e. The van der Waals surface area contributed by atoms with Crippen LogP contribution >= 0.6 is 0 Å². The van der Waals surface area contributed by atoms with Crippen molar-refractivity contribution >= 4 is 11.9 Å². The van der Waals surface area contributed by atoms with Crippen LogP contribution in [0.5, 0.6) is 0 Å². The molecule has 25 heavy (non-hydrogen) atoms. The van der Waals surface area contributed by atoms with Crippen molar-refractivity contribution in [3.05, 3.63) is 35.9 Å². The van der Waals surface area contributed by atoms with E-state index in [0.717, 1.165) is 12.8 Å². The zero-order valence-electron chi connectivity index (χ0n) is 15.3. The number of ether oxygens (including phenoxy) is 1. The first-order valence-electron chi connectivity index (χ1n) is 9.60. The van der Waals surface area contributed by atoms with E-state index >= 15 is 0 Å². The maximum absolute atomic E-state index is 11.4. The van der Waals surface area contributed by atoms with Crippen LogP contribution in [0.15, 0.2) is 30.3 Å². The Labute approximate surface area is 151 Å². The van der Waals surface area contributed by atoms with Crippen LogP contribution in [0.4, 0.5) is 0 Å². The standard InChI is InChI=1S/C21H32O4/c22-20(23)16-10-11-17-21(24)25-18-12-5-3-1-2-4-7-13-19-14-8-6-9-15-19/h6,8-9,14-15H,1-5,7,10-13,16-18H2,(H,22,23). The van der Waals surface area contributed by atoms with Gasteiger partial charge in [0, 0.05) is 12.8 Å². The topological polar surface area (TPSA) is 63.6 Å². The fraction of sp³-hybridized carbons (Fsp3) is 0.619. The van der Waals surface area contributed by atoms with Crippen molar-refractivity contribution < 1.29 is 19.4 Å². The van der Waals surface area contributed by atoms with E-state index in [9.17, 15) is 9.59 Å². The van der Waals surface area contributed by atoms with Gasteiger partial charge in [0.15, 0.2) is 0 Å². The number of rotatable bonds is 15. The quantitative estimate of drug-likeness (QED) is 0.352. The van der Waals surface area contributed by atoms with Gasteiger partial charge in [0.25, 0.3) is 0 Å². The molecule has 0 aromatic heterocycles. The molecule has 140 valence electrons. The molecular formula is C21H32O4. The molecule has 0 amide bonds. The molecule has 0 radical (unpaired) electrons. The van der Waals surface area contributed by atoms with Crippen LogP contribution in [-0.4, -0.2) is 23.7 Å². The van der Waals surface area contributed by atoms with Crippen LogP contribution in [0.1, 0.15) is 76.2 Å². The Morgan fingerprint density at radius 3 is 2.04 bits per heavy atom. The van der Waals surface area contributed by atoms with Crippen LogP contribution < -0.4 is 0 Å². The summed E-state index contributed by atoms with van der Waals surface area (Å²) in [5.41, 5.74) is 1.42. The summed E-state index contributed by atoms with van der Waals surface area (Å²) in [6, 6.07) is 10.6. The van der Waals surface area contributed by atoms with E-state index in [1.54, 1.807) is 0 Å². The second-order valence-electron chi connectivity index (χ2n) is 6.53. The SMILES string of the molecule is O=C(O)CCCCC(=O)OCCCCCCCCCc1ccccc1. The first-order chi connectivity index (χ1) is 12.2. The number of hydrogen-bond donors (Lipinski definition) is 1. The van der Waals surface area contributed by atoms with Crippen LogP contribution in [0, 0.1) is 0 Å². The first kappa shape index (κ1) is 21.2. The highest BCUT2D eigenvalue weighted by Crippen LogP contribution is 2.11. The van der Waals surface area contributed by atoms with Gasteiger partial charge in [-0.05, 0) is 37.7 Å². The van der Waals surface area contributed by atoms with Crippen LogP contribution in [0.2, 0.25) is 0 Å². The van der Waals surface area contributed by atoms with Gasteiger partial charge in [-0.3, -0.25) is 9.59 Å². The molecule has 0 fully saturated rings. The maximum atomic E-state index is 11.4. The molecule has 0 saturated carbocycles. The van der Waals surface area contributed by atoms with Gasteiger partial charge in [-0.25, -0.2) is 0 Å². The highest BCUT2D eigenvalue weighted by molar-refractivity contribution is 5.69. The number of carbonyl (C=O) groups excluding carboxylic acids is 1. The summed E-state index contributed by atoms with van der Waals surface area (Å²) in [6.45, 7) is 0.492. The summed E-state index contributed by atoms with van der Waals surface area (Å²) in [6.07, 6.45) is 11.0. The number of aliphatic carboxylic acids is 1. The fourth-order valence-corrected chi connectivity index (χ4v) is 2.76. The third kappa shape index (κ3) is 13.2. The van der Waals surface area contributed by atoms with Crippen molar-refractivity contribution in [1.29, 1.82) is 0 Å². The average molecular weight is 348 g/mol. The molecule has 4 heteroatoms. The van der Waals surface area contributed by atoms with Gasteiger partial charge in [0.05, 0.1) is 6.61 Å². The molecule has 0 atom stereocenters. The molecule has 1 rings (SSSR count). The predicted molar refractivity (Wildman–Crippen MR) is 99.5 cm³/mol. The molecule has 0 saturated heterocycles. The van der Waals surface area contributed by atoms with E-state index in [4.69, 9.17) is 9.84 Å². The highest BCUT2D eigenvalue weighted by atomic mass is 16.5. The number of hydrogen-bond acceptors (Lipinski definition) is 3. The van der Waals surface area contributed by atoms with E-state index < -0.39 is 5.97 Å². The molecule has 0 aliphatic rings. The monoisotopic (exact) mass is 348 g/mol. The fourth-order valence-electron chi connectivity index (χ4n) is 2.76. The molecule has 0 spiro atoms. The Bertz CT molecular complexity index is 470. The lowest BCUT2D eigenvalue weighted by Gasteiger charge is -2.05. The van der Waals surface area contributed by atoms with Gasteiger partial charge in [-0.15, -0.1) is 0 Å². The molecule has 0 aliphatic heterocycles. The molecule has 0 unspecified atom stereocenters. The number of carbonyl (C=O) groups is 2. The molecule has 1 aromatic rings. The minimum atomic E-state index is -0.812. The lowest BCUT2D eigenvalue weighted by molar-refractivity contribution is -0.144. The predicted octanol–water partition coefficient (Wildman–Crippen LogP) is 5.15. The molecule has 0 bridgehead atoms. The molecule has 1 N–H and O–H groups in total. The Morgan fingerprint density at radius 1 is 0.760 bits per heavy atom. The van der Waals surface area contributed by atoms with Crippen LogP contribution in [0.25, 0.3) is 0 Å². The van der Waals surface area contributed by atoms with Crippen molar-refractivity contribution in [1.82, 2.24) is 0 Å². The summed E-state index contributed by atoms with van der Waals surface area (Å²) in [5, 5.41) is 8.51. The van der Waals surface area contributed by atoms with Gasteiger partial charge in [0.1, 0.15) is 0 Å². The number of esters is 1. The molecular weight excluding hydrogens is 316 g/mol. The van der Waals surface area contributed by atoms with Crippen molar-refractivity contribution in [2.75, 3.05) is 6.61 Å². The largest absolute Gasteiger partial charge is 0.481 e. The van der Waals surface area contributed by atoms with Crippen molar-refractivity contribution in [2.45, 2.75) is 77.0 Å². The highest BCUT2D eigenvalue weighted by Gasteiger charge is 2.04. The summed E-state index contributed by atoms with van der Waals surface area (Å²) < 4.78 is 5.16. The summed E-state index contributed by atoms with van der Waals surface area (Å²) in [4.78, 5) is 21.8. The number of carboxylic acid groups (broad SMARTS) is 1. The number of aryl methyl sites for hydroxylation is 1. The van der Waals surface area contributed by atoms with Crippen molar-refractivity contribution in [2.24, 2.45) is 0 Å². The Morgan fingerprint density at radius 2 is 1.36 bits per heavy atom. The maximum Gasteiger partial charge on any atom is 0.305 e. The molecule has 1 aromatic carbocycles. The van der Waals surface area contributed by atoms with E-state index in [1.165, 1.54) is 44.1 Å². The Kier molecular flexibility index (Phi) is 12.3. The summed E-state index contributed by atoms with van der Waals surface area (Å²) in [7, 11) is 0. The van der Waals surface area contributed by atoms with Crippen molar-refractivity contribution in [3.8, 4) is 0 Å². The van der Waals surface area contributed by atoms with Gasteiger partial charge < -0.3 is 9.84 Å². The first-order valence-corrected chi connectivity index (χ1v) is 9.60. The third-order valence-corrected chi connectivity index (χ3v) is 4.24. The van der Waals surface area contributed by atoms with Gasteiger partial charge in [-0.1, -0.05) is 62.4 Å². The smallest absolute Gasteiger partial charge is 0.305 e. The third-order valence-electron chi connectivity index (χ3n) is 4.24. The van der Waals surface area contributed by atoms with E-state index in [2.05, 4.69) is 30.3 Å². The lowest BCUT2D eigenvalue weighted by atomic mass is 10.0. The van der Waals surface area contributed by atoms with E-state index in [1.807, 2.05) is 0 Å². The second-order valence-corrected chi connectivity index (χ2v) is 6.53. The normalized spacial score (nSPS) is 10.6. The number of unbranched alkanes of at least 4 members (excludes halogenated alkanes) is 7. The average Bonchev–Trinajstić information content (AvgIpc) is 2.61. The van der Waals surface area contributed by atoms with Gasteiger partial charge in [-0.2, -0.15) is 0 Å². The zero-order valence-corrected chi connectivity index (χ0v) is 15.3.